The van der Waals surface area contributed by atoms with E-state index in [1.165, 1.54) is 25.7 Å². The number of nitrogens with one attached hydrogen (secondary N) is 1. The molecule has 2 fully saturated rings. The lowest BCUT2D eigenvalue weighted by molar-refractivity contribution is -0.137. The zero-order valence-electron chi connectivity index (χ0n) is 21.9. The van der Waals surface area contributed by atoms with E-state index >= 15 is 0 Å². The Balaban J connectivity index is 1.42. The third-order valence-corrected chi connectivity index (χ3v) is 7.93. The lowest BCUT2D eigenvalue weighted by atomic mass is 9.99. The first kappa shape index (κ1) is 27.7. The van der Waals surface area contributed by atoms with Gasteiger partial charge in [-0.25, -0.2) is 9.18 Å². The molecule has 1 aliphatic heterocycles. The largest absolute Gasteiger partial charge is 0.416 e. The fourth-order valence-corrected chi connectivity index (χ4v) is 5.83. The van der Waals surface area contributed by atoms with Gasteiger partial charge in [-0.15, -0.1) is 0 Å². The number of halogens is 4. The van der Waals surface area contributed by atoms with Gasteiger partial charge >= 0.3 is 12.2 Å². The third-order valence-electron chi connectivity index (χ3n) is 7.93. The molecule has 1 heterocycles. The molecule has 5 rings (SSSR count). The zero-order chi connectivity index (χ0) is 28.3. The maximum Gasteiger partial charge on any atom is 0.416 e. The van der Waals surface area contributed by atoms with Crippen molar-refractivity contribution in [3.05, 3.63) is 83.7 Å². The number of nitriles is 1. The molecule has 3 aromatic carbocycles. The fourth-order valence-electron chi connectivity index (χ4n) is 5.83. The quantitative estimate of drug-likeness (QED) is 0.330. The number of amides is 2. The van der Waals surface area contributed by atoms with Crippen molar-refractivity contribution >= 4 is 17.4 Å². The van der Waals surface area contributed by atoms with Crippen molar-refractivity contribution in [2.45, 2.75) is 56.8 Å². The van der Waals surface area contributed by atoms with Crippen molar-refractivity contribution in [2.24, 2.45) is 0 Å². The van der Waals surface area contributed by atoms with Crippen LogP contribution in [0.3, 0.4) is 0 Å². The van der Waals surface area contributed by atoms with E-state index in [-0.39, 0.29) is 6.04 Å². The van der Waals surface area contributed by atoms with Crippen molar-refractivity contribution in [3.8, 4) is 17.2 Å². The highest BCUT2D eigenvalue weighted by Gasteiger charge is 2.34. The Morgan fingerprint density at radius 2 is 1.62 bits per heavy atom. The molecule has 0 radical (unpaired) electrons. The number of nitrogens with zero attached hydrogens (tertiary/aromatic N) is 3. The van der Waals surface area contributed by atoms with E-state index in [4.69, 9.17) is 0 Å². The van der Waals surface area contributed by atoms with Crippen LogP contribution in [0.5, 0.6) is 0 Å². The number of benzene rings is 3. The SMILES string of the molecule is N#Cc1cccc(-c2ccc(N(C(=O)Nc3cc(C(F)(F)F)ccc3F)C3CCN(C4CCCC4)CC3)cc2)c1. The molecule has 9 heteroatoms. The number of alkyl halides is 3. The van der Waals surface area contributed by atoms with Crippen LogP contribution in [-0.4, -0.2) is 36.1 Å². The van der Waals surface area contributed by atoms with Crippen molar-refractivity contribution in [1.82, 2.24) is 4.90 Å². The second-order valence-electron chi connectivity index (χ2n) is 10.4. The molecular weight excluding hydrogens is 520 g/mol. The van der Waals surface area contributed by atoms with Gasteiger partial charge in [0.05, 0.1) is 22.9 Å². The number of rotatable bonds is 5. The van der Waals surface area contributed by atoms with Crippen molar-refractivity contribution in [2.75, 3.05) is 23.3 Å². The Labute approximate surface area is 231 Å². The molecule has 0 bridgehead atoms. The number of anilines is 2. The number of likely N-dealkylation sites (tertiary alicyclic amines) is 1. The van der Waals surface area contributed by atoms with Gasteiger partial charge in [-0.1, -0.05) is 37.1 Å². The number of hydrogen-bond acceptors (Lipinski definition) is 3. The minimum atomic E-state index is -4.67. The molecule has 1 aliphatic carbocycles. The summed E-state index contributed by atoms with van der Waals surface area (Å²) in [6, 6.07) is 18.2. The monoisotopic (exact) mass is 550 g/mol. The van der Waals surface area contributed by atoms with Crippen LogP contribution in [-0.2, 0) is 6.18 Å². The van der Waals surface area contributed by atoms with E-state index in [0.717, 1.165) is 24.2 Å². The summed E-state index contributed by atoms with van der Waals surface area (Å²) in [5, 5.41) is 11.6. The van der Waals surface area contributed by atoms with Crippen molar-refractivity contribution < 1.29 is 22.4 Å². The van der Waals surface area contributed by atoms with Gasteiger partial charge < -0.3 is 10.2 Å². The lowest BCUT2D eigenvalue weighted by Crippen LogP contribution is -2.50. The van der Waals surface area contributed by atoms with Gasteiger partial charge in [-0.05, 0) is 79.3 Å². The van der Waals surface area contributed by atoms with Gasteiger partial charge in [0.1, 0.15) is 5.82 Å². The van der Waals surface area contributed by atoms with Crippen LogP contribution in [0.1, 0.15) is 49.7 Å². The summed E-state index contributed by atoms with van der Waals surface area (Å²) in [5.74, 6) is -0.940. The van der Waals surface area contributed by atoms with Gasteiger partial charge in [-0.3, -0.25) is 4.90 Å². The normalized spacial score (nSPS) is 17.0. The van der Waals surface area contributed by atoms with Gasteiger partial charge in [0, 0.05) is 30.9 Å². The van der Waals surface area contributed by atoms with Crippen LogP contribution in [0.15, 0.2) is 66.7 Å². The standard InChI is InChI=1S/C31H30F4N4O/c32-28-13-10-24(31(33,34)35)19-29(28)37-30(40)39(27-14-16-38(17-15-27)25-6-1-2-7-25)26-11-8-22(9-12-26)23-5-3-4-21(18-23)20-36/h3-5,8-13,18-19,25,27H,1-2,6-7,14-17H2,(H,37,40). The Kier molecular flexibility index (Phi) is 8.08. The van der Waals surface area contributed by atoms with Crippen LogP contribution < -0.4 is 10.2 Å². The molecule has 0 aromatic heterocycles. The van der Waals surface area contributed by atoms with E-state index in [2.05, 4.69) is 16.3 Å². The van der Waals surface area contributed by atoms with Crippen LogP contribution in [0.4, 0.5) is 33.7 Å². The summed E-state index contributed by atoms with van der Waals surface area (Å²) in [5.41, 5.74) is 1.23. The average molecular weight is 551 g/mol. The van der Waals surface area contributed by atoms with Crippen LogP contribution in [0.25, 0.3) is 11.1 Å². The second-order valence-corrected chi connectivity index (χ2v) is 10.4. The molecular formula is C31H30F4N4O. The number of piperidine rings is 1. The second kappa shape index (κ2) is 11.7. The maximum atomic E-state index is 14.5. The third kappa shape index (κ3) is 6.13. The van der Waals surface area contributed by atoms with Crippen LogP contribution in [0.2, 0.25) is 0 Å². The topological polar surface area (TPSA) is 59.4 Å². The molecule has 0 atom stereocenters. The molecule has 2 amide bonds. The maximum absolute atomic E-state index is 14.5. The molecule has 1 saturated carbocycles. The Morgan fingerprint density at radius 3 is 2.27 bits per heavy atom. The summed E-state index contributed by atoms with van der Waals surface area (Å²) < 4.78 is 54.3. The number of carbonyl (C=O) groups is 1. The summed E-state index contributed by atoms with van der Waals surface area (Å²) in [7, 11) is 0. The molecule has 208 valence electrons. The predicted molar refractivity (Wildman–Crippen MR) is 146 cm³/mol. The first-order valence-corrected chi connectivity index (χ1v) is 13.5. The van der Waals surface area contributed by atoms with Crippen LogP contribution in [0, 0.1) is 17.1 Å². The minimum Gasteiger partial charge on any atom is -0.305 e. The van der Waals surface area contributed by atoms with E-state index in [1.54, 1.807) is 35.2 Å². The van der Waals surface area contributed by atoms with Gasteiger partial charge in [0.2, 0.25) is 0 Å². The van der Waals surface area contributed by atoms with Crippen LogP contribution >= 0.6 is 0 Å². The molecule has 1 saturated heterocycles. The van der Waals surface area contributed by atoms with E-state index in [0.29, 0.717) is 48.3 Å². The summed E-state index contributed by atoms with van der Waals surface area (Å²) in [6.07, 6.45) is 1.54. The predicted octanol–water partition coefficient (Wildman–Crippen LogP) is 7.83. The molecule has 40 heavy (non-hydrogen) atoms. The first-order chi connectivity index (χ1) is 19.2. The average Bonchev–Trinajstić information content (AvgIpc) is 3.50. The summed E-state index contributed by atoms with van der Waals surface area (Å²) >= 11 is 0. The van der Waals surface area contributed by atoms with E-state index < -0.39 is 29.3 Å². The fraction of sp³-hybridized carbons (Fsp3) is 0.355. The molecule has 0 spiro atoms. The minimum absolute atomic E-state index is 0.209. The highest BCUT2D eigenvalue weighted by atomic mass is 19.4. The summed E-state index contributed by atoms with van der Waals surface area (Å²) in [6.45, 7) is 1.63. The number of hydrogen-bond donors (Lipinski definition) is 1. The Hall–Kier alpha value is -3.90. The summed E-state index contributed by atoms with van der Waals surface area (Å²) in [4.78, 5) is 17.6. The molecule has 0 unspecified atom stereocenters. The highest BCUT2D eigenvalue weighted by Crippen LogP contribution is 2.34. The van der Waals surface area contributed by atoms with Crippen molar-refractivity contribution in [1.29, 1.82) is 5.26 Å². The molecule has 2 aliphatic rings. The Bertz CT molecular complexity index is 1390. The zero-order valence-corrected chi connectivity index (χ0v) is 21.9. The molecule has 3 aromatic rings. The van der Waals surface area contributed by atoms with Crippen molar-refractivity contribution in [3.63, 3.8) is 0 Å². The Morgan fingerprint density at radius 1 is 0.925 bits per heavy atom. The first-order valence-electron chi connectivity index (χ1n) is 13.5. The van der Waals surface area contributed by atoms with Gasteiger partial charge in [0.25, 0.3) is 0 Å². The molecule has 5 nitrogen and oxygen atoms in total. The smallest absolute Gasteiger partial charge is 0.305 e. The highest BCUT2D eigenvalue weighted by molar-refractivity contribution is 6.02. The van der Waals surface area contributed by atoms with Gasteiger partial charge in [0.15, 0.2) is 0 Å². The van der Waals surface area contributed by atoms with Gasteiger partial charge in [-0.2, -0.15) is 18.4 Å². The van der Waals surface area contributed by atoms with E-state index in [9.17, 15) is 27.6 Å². The lowest BCUT2D eigenvalue weighted by Gasteiger charge is -2.40. The van der Waals surface area contributed by atoms with E-state index in [1.807, 2.05) is 18.2 Å². The molecule has 1 N–H and O–H groups in total. The number of urea groups is 1. The number of carbonyl (C=O) groups excluding carboxylic acids is 1.